The van der Waals surface area contributed by atoms with Crippen LogP contribution in [0, 0.1) is 0 Å². The highest BCUT2D eigenvalue weighted by atomic mass is 16.5. The van der Waals surface area contributed by atoms with Crippen LogP contribution in [0.4, 0.5) is 0 Å². The standard InChI is InChI=1S/C10H20N2O2/c1-3-8-7-12(5-6-14-8)10(13)9(11)4-2/h8-9H,3-7,11H2,1-2H3/t8?,9-/m0/s1. The molecule has 4 nitrogen and oxygen atoms in total. The van der Waals surface area contributed by atoms with Gasteiger partial charge >= 0.3 is 0 Å². The molecule has 1 fully saturated rings. The van der Waals surface area contributed by atoms with Crippen LogP contribution in [0.25, 0.3) is 0 Å². The minimum Gasteiger partial charge on any atom is -0.375 e. The molecule has 0 aliphatic carbocycles. The molecule has 0 saturated carbocycles. The molecule has 0 aromatic carbocycles. The first-order chi connectivity index (χ1) is 6.69. The summed E-state index contributed by atoms with van der Waals surface area (Å²) in [5, 5.41) is 0. The number of amides is 1. The molecule has 0 aromatic rings. The van der Waals surface area contributed by atoms with Crippen molar-refractivity contribution in [2.45, 2.75) is 38.8 Å². The van der Waals surface area contributed by atoms with Crippen molar-refractivity contribution >= 4 is 5.91 Å². The fourth-order valence-corrected chi connectivity index (χ4v) is 1.58. The third-order valence-electron chi connectivity index (χ3n) is 2.66. The Kier molecular flexibility index (Phi) is 4.35. The molecule has 0 radical (unpaired) electrons. The second-order valence-electron chi connectivity index (χ2n) is 3.70. The number of nitrogens with two attached hydrogens (primary N) is 1. The zero-order valence-electron chi connectivity index (χ0n) is 9.03. The van der Waals surface area contributed by atoms with Crippen molar-refractivity contribution in [2.24, 2.45) is 5.73 Å². The monoisotopic (exact) mass is 200 g/mol. The van der Waals surface area contributed by atoms with Crippen molar-refractivity contribution in [3.63, 3.8) is 0 Å². The van der Waals surface area contributed by atoms with Crippen molar-refractivity contribution < 1.29 is 9.53 Å². The van der Waals surface area contributed by atoms with Crippen LogP contribution in [0.2, 0.25) is 0 Å². The molecular formula is C10H20N2O2. The van der Waals surface area contributed by atoms with Crippen molar-refractivity contribution in [3.8, 4) is 0 Å². The molecule has 4 heteroatoms. The molecule has 1 heterocycles. The van der Waals surface area contributed by atoms with E-state index in [0.29, 0.717) is 26.1 Å². The quantitative estimate of drug-likeness (QED) is 0.715. The van der Waals surface area contributed by atoms with Crippen molar-refractivity contribution in [3.05, 3.63) is 0 Å². The summed E-state index contributed by atoms with van der Waals surface area (Å²) in [5.74, 6) is 0.0641. The van der Waals surface area contributed by atoms with Gasteiger partial charge in [-0.05, 0) is 12.8 Å². The van der Waals surface area contributed by atoms with Crippen molar-refractivity contribution in [1.82, 2.24) is 4.90 Å². The van der Waals surface area contributed by atoms with E-state index in [4.69, 9.17) is 10.5 Å². The normalized spacial score (nSPS) is 24.8. The third kappa shape index (κ3) is 2.69. The summed E-state index contributed by atoms with van der Waals surface area (Å²) >= 11 is 0. The molecule has 2 N–H and O–H groups in total. The fraction of sp³-hybridized carbons (Fsp3) is 0.900. The van der Waals surface area contributed by atoms with E-state index in [1.165, 1.54) is 0 Å². The van der Waals surface area contributed by atoms with Gasteiger partial charge in [0.15, 0.2) is 0 Å². The molecule has 2 atom stereocenters. The maximum absolute atomic E-state index is 11.7. The van der Waals surface area contributed by atoms with Crippen LogP contribution in [0.3, 0.4) is 0 Å². The Balaban J connectivity index is 2.47. The predicted molar refractivity (Wildman–Crippen MR) is 54.9 cm³/mol. The lowest BCUT2D eigenvalue weighted by molar-refractivity contribution is -0.140. The molecule has 1 aliphatic rings. The Labute approximate surface area is 85.4 Å². The van der Waals surface area contributed by atoms with Gasteiger partial charge in [0.25, 0.3) is 0 Å². The number of carbonyl (C=O) groups excluding carboxylic acids is 1. The highest BCUT2D eigenvalue weighted by molar-refractivity contribution is 5.81. The first-order valence-electron chi connectivity index (χ1n) is 5.35. The number of hydrogen-bond donors (Lipinski definition) is 1. The summed E-state index contributed by atoms with van der Waals surface area (Å²) in [5.41, 5.74) is 5.70. The summed E-state index contributed by atoms with van der Waals surface area (Å²) in [6.45, 7) is 6.02. The van der Waals surface area contributed by atoms with Gasteiger partial charge in [-0.1, -0.05) is 13.8 Å². The number of hydrogen-bond acceptors (Lipinski definition) is 3. The molecule has 1 amide bonds. The molecule has 1 rings (SSSR count). The molecule has 1 saturated heterocycles. The predicted octanol–water partition coefficient (Wildman–Crippen LogP) is 0.361. The summed E-state index contributed by atoms with van der Waals surface area (Å²) in [7, 11) is 0. The van der Waals surface area contributed by atoms with Crippen molar-refractivity contribution in [2.75, 3.05) is 19.7 Å². The lowest BCUT2D eigenvalue weighted by atomic mass is 10.1. The van der Waals surface area contributed by atoms with E-state index in [1.54, 1.807) is 0 Å². The van der Waals surface area contributed by atoms with Gasteiger partial charge in [-0.3, -0.25) is 4.79 Å². The maximum Gasteiger partial charge on any atom is 0.239 e. The summed E-state index contributed by atoms with van der Waals surface area (Å²) in [6.07, 6.45) is 1.84. The van der Waals surface area contributed by atoms with E-state index in [2.05, 4.69) is 6.92 Å². The number of morpholine rings is 1. The minimum absolute atomic E-state index is 0.0641. The molecule has 1 aliphatic heterocycles. The van der Waals surface area contributed by atoms with Crippen LogP contribution in [0.15, 0.2) is 0 Å². The summed E-state index contributed by atoms with van der Waals surface area (Å²) < 4.78 is 5.49. The summed E-state index contributed by atoms with van der Waals surface area (Å²) in [6, 6.07) is -0.342. The summed E-state index contributed by atoms with van der Waals surface area (Å²) in [4.78, 5) is 13.6. The zero-order valence-corrected chi connectivity index (χ0v) is 9.03. The third-order valence-corrected chi connectivity index (χ3v) is 2.66. The minimum atomic E-state index is -0.342. The largest absolute Gasteiger partial charge is 0.375 e. The van der Waals surface area contributed by atoms with Gasteiger partial charge < -0.3 is 15.4 Å². The molecule has 14 heavy (non-hydrogen) atoms. The highest BCUT2D eigenvalue weighted by Gasteiger charge is 2.25. The van der Waals surface area contributed by atoms with Crippen LogP contribution < -0.4 is 5.73 Å². The average Bonchev–Trinajstić information content (AvgIpc) is 2.27. The molecule has 82 valence electrons. The van der Waals surface area contributed by atoms with Gasteiger partial charge in [0.05, 0.1) is 18.8 Å². The topological polar surface area (TPSA) is 55.6 Å². The second kappa shape index (κ2) is 5.32. The Bertz CT molecular complexity index is 197. The van der Waals surface area contributed by atoms with Gasteiger partial charge in [0, 0.05) is 13.1 Å². The molecule has 0 spiro atoms. The Morgan fingerprint density at radius 1 is 1.64 bits per heavy atom. The van der Waals surface area contributed by atoms with E-state index >= 15 is 0 Å². The Morgan fingerprint density at radius 2 is 2.36 bits per heavy atom. The number of nitrogens with zero attached hydrogens (tertiary/aromatic N) is 1. The van der Waals surface area contributed by atoms with E-state index < -0.39 is 0 Å². The van der Waals surface area contributed by atoms with E-state index in [-0.39, 0.29) is 18.1 Å². The van der Waals surface area contributed by atoms with Crippen molar-refractivity contribution in [1.29, 1.82) is 0 Å². The molecule has 0 bridgehead atoms. The van der Waals surface area contributed by atoms with Crippen LogP contribution >= 0.6 is 0 Å². The first-order valence-corrected chi connectivity index (χ1v) is 5.35. The number of carbonyl (C=O) groups is 1. The van der Waals surface area contributed by atoms with E-state index in [0.717, 1.165) is 6.42 Å². The molecule has 0 aromatic heterocycles. The number of rotatable bonds is 3. The van der Waals surface area contributed by atoms with Crippen LogP contribution in [0.1, 0.15) is 26.7 Å². The smallest absolute Gasteiger partial charge is 0.239 e. The van der Waals surface area contributed by atoms with Gasteiger partial charge in [-0.15, -0.1) is 0 Å². The Hall–Kier alpha value is -0.610. The highest BCUT2D eigenvalue weighted by Crippen LogP contribution is 2.09. The maximum atomic E-state index is 11.7. The van der Waals surface area contributed by atoms with E-state index in [1.807, 2.05) is 11.8 Å². The second-order valence-corrected chi connectivity index (χ2v) is 3.70. The van der Waals surface area contributed by atoms with Gasteiger partial charge in [-0.25, -0.2) is 0 Å². The zero-order chi connectivity index (χ0) is 10.6. The SMILES string of the molecule is CCC1CN(C(=O)[C@@H](N)CC)CCO1. The Morgan fingerprint density at radius 3 is 2.93 bits per heavy atom. The van der Waals surface area contributed by atoms with Crippen LogP contribution in [-0.4, -0.2) is 42.6 Å². The van der Waals surface area contributed by atoms with E-state index in [9.17, 15) is 4.79 Å². The van der Waals surface area contributed by atoms with Crippen LogP contribution in [-0.2, 0) is 9.53 Å². The van der Waals surface area contributed by atoms with Crippen LogP contribution in [0.5, 0.6) is 0 Å². The fourth-order valence-electron chi connectivity index (χ4n) is 1.58. The molecule has 1 unspecified atom stereocenters. The lowest BCUT2D eigenvalue weighted by Gasteiger charge is -2.33. The number of ether oxygens (including phenoxy) is 1. The first kappa shape index (κ1) is 11.5. The average molecular weight is 200 g/mol. The van der Waals surface area contributed by atoms with Gasteiger partial charge in [0.2, 0.25) is 5.91 Å². The molecular weight excluding hydrogens is 180 g/mol. The van der Waals surface area contributed by atoms with Gasteiger partial charge in [-0.2, -0.15) is 0 Å². The van der Waals surface area contributed by atoms with Gasteiger partial charge in [0.1, 0.15) is 0 Å². The lowest BCUT2D eigenvalue weighted by Crippen LogP contribution is -2.51.